The fourth-order valence-electron chi connectivity index (χ4n) is 1.69. The van der Waals surface area contributed by atoms with Crippen molar-refractivity contribution in [1.29, 1.82) is 5.26 Å². The Hall–Kier alpha value is -1.27. The van der Waals surface area contributed by atoms with Crippen LogP contribution in [0.4, 0.5) is 0 Å². The summed E-state index contributed by atoms with van der Waals surface area (Å²) in [6.07, 6.45) is 7.26. The molecule has 0 unspecified atom stereocenters. The van der Waals surface area contributed by atoms with Gasteiger partial charge in [-0.2, -0.15) is 5.26 Å². The van der Waals surface area contributed by atoms with Gasteiger partial charge in [0.2, 0.25) is 0 Å². The number of rotatable bonds is 3. The largest absolute Gasteiger partial charge is 0.360 e. The van der Waals surface area contributed by atoms with E-state index in [-0.39, 0.29) is 0 Å². The van der Waals surface area contributed by atoms with Crippen LogP contribution in [0.15, 0.2) is 28.9 Å². The molecule has 0 aliphatic heterocycles. The molecule has 2 nitrogen and oxygen atoms in total. The van der Waals surface area contributed by atoms with Crippen LogP contribution in [0.3, 0.4) is 0 Å². The van der Waals surface area contributed by atoms with E-state index in [1.54, 1.807) is 6.20 Å². The third kappa shape index (κ3) is 4.19. The van der Waals surface area contributed by atoms with E-state index in [2.05, 4.69) is 40.8 Å². The number of aromatic nitrogens is 1. The van der Waals surface area contributed by atoms with Gasteiger partial charge in [-0.25, -0.2) is 0 Å². The van der Waals surface area contributed by atoms with Crippen molar-refractivity contribution in [3.05, 3.63) is 34.4 Å². The van der Waals surface area contributed by atoms with Gasteiger partial charge >= 0.3 is 0 Å². The quantitative estimate of drug-likeness (QED) is 0.759. The Kier molecular flexibility index (Phi) is 6.53. The summed E-state index contributed by atoms with van der Waals surface area (Å²) in [6.45, 7) is 4.46. The minimum Gasteiger partial charge on any atom is -0.360 e. The van der Waals surface area contributed by atoms with E-state index < -0.39 is 0 Å². The van der Waals surface area contributed by atoms with Gasteiger partial charge in [-0.1, -0.05) is 55.5 Å². The molecule has 1 aromatic heterocycles. The summed E-state index contributed by atoms with van der Waals surface area (Å²) < 4.78 is 0.992. The molecular weight excluding hydrogens is 288 g/mol. The number of benzene rings is 1. The monoisotopic (exact) mass is 306 g/mol. The Morgan fingerprint density at radius 1 is 1.22 bits per heavy atom. The van der Waals surface area contributed by atoms with Gasteiger partial charge in [0.15, 0.2) is 0 Å². The number of halogens is 1. The molecule has 1 N–H and O–H groups in total. The summed E-state index contributed by atoms with van der Waals surface area (Å²) >= 11 is 3.36. The average Bonchev–Trinajstić information content (AvgIpc) is 2.79. The summed E-state index contributed by atoms with van der Waals surface area (Å²) in [4.78, 5) is 3.02. The van der Waals surface area contributed by atoms with Crippen molar-refractivity contribution in [3.8, 4) is 6.07 Å². The summed E-state index contributed by atoms with van der Waals surface area (Å²) in [5.41, 5.74) is 1.68. The second-order valence-electron chi connectivity index (χ2n) is 4.21. The number of nitrogens with one attached hydrogen (secondary N) is 1. The van der Waals surface area contributed by atoms with Crippen LogP contribution < -0.4 is 0 Å². The second-order valence-corrected chi connectivity index (χ2v) is 5.13. The Morgan fingerprint density at radius 2 is 1.89 bits per heavy atom. The van der Waals surface area contributed by atoms with Crippen molar-refractivity contribution in [2.45, 2.75) is 39.5 Å². The van der Waals surface area contributed by atoms with Gasteiger partial charge in [-0.15, -0.1) is 0 Å². The van der Waals surface area contributed by atoms with Crippen LogP contribution in [-0.4, -0.2) is 4.98 Å². The molecule has 18 heavy (non-hydrogen) atoms. The standard InChI is InChI=1S/C9H5BrN2.C6H14/c10-7-1-2-9-8(3-7)6(4-11)5-12-9;1-3-5-6-4-2/h1-3,5,12H;3-6H2,1-2H3. The van der Waals surface area contributed by atoms with Crippen molar-refractivity contribution in [3.63, 3.8) is 0 Å². The zero-order valence-electron chi connectivity index (χ0n) is 11.0. The highest BCUT2D eigenvalue weighted by Gasteiger charge is 2.01. The smallest absolute Gasteiger partial charge is 0.101 e. The van der Waals surface area contributed by atoms with E-state index in [0.717, 1.165) is 15.4 Å². The van der Waals surface area contributed by atoms with Gasteiger partial charge in [0.1, 0.15) is 6.07 Å². The maximum atomic E-state index is 8.73. The summed E-state index contributed by atoms with van der Waals surface area (Å²) in [5.74, 6) is 0. The first-order valence-corrected chi connectivity index (χ1v) is 7.19. The van der Waals surface area contributed by atoms with Crippen LogP contribution in [-0.2, 0) is 0 Å². The maximum Gasteiger partial charge on any atom is 0.101 e. The van der Waals surface area contributed by atoms with E-state index in [1.165, 1.54) is 25.7 Å². The zero-order chi connectivity index (χ0) is 13.4. The summed E-state index contributed by atoms with van der Waals surface area (Å²) in [5, 5.41) is 9.69. The Bertz CT molecular complexity index is 519. The van der Waals surface area contributed by atoms with Crippen LogP contribution in [0.1, 0.15) is 45.1 Å². The van der Waals surface area contributed by atoms with Crippen molar-refractivity contribution in [2.24, 2.45) is 0 Å². The maximum absolute atomic E-state index is 8.73. The van der Waals surface area contributed by atoms with E-state index in [9.17, 15) is 0 Å². The van der Waals surface area contributed by atoms with Crippen LogP contribution in [0.2, 0.25) is 0 Å². The first-order valence-electron chi connectivity index (χ1n) is 6.39. The molecule has 1 aromatic carbocycles. The molecule has 0 saturated heterocycles. The van der Waals surface area contributed by atoms with Gasteiger partial charge in [0.25, 0.3) is 0 Å². The van der Waals surface area contributed by atoms with E-state index in [0.29, 0.717) is 5.56 Å². The minimum atomic E-state index is 0.686. The second kappa shape index (κ2) is 7.94. The van der Waals surface area contributed by atoms with Crippen molar-refractivity contribution < 1.29 is 0 Å². The Labute approximate surface area is 117 Å². The van der Waals surface area contributed by atoms with Crippen molar-refractivity contribution >= 4 is 26.8 Å². The van der Waals surface area contributed by atoms with Gasteiger partial charge in [-0.3, -0.25) is 0 Å². The number of unbranched alkanes of at least 4 members (excludes halogenated alkanes) is 3. The molecule has 0 atom stereocenters. The minimum absolute atomic E-state index is 0.686. The normalized spacial score (nSPS) is 9.67. The lowest BCUT2D eigenvalue weighted by molar-refractivity contribution is 0.702. The molecule has 0 fully saturated rings. The number of nitrogens with zero attached hydrogens (tertiary/aromatic N) is 1. The van der Waals surface area contributed by atoms with Crippen molar-refractivity contribution in [2.75, 3.05) is 0 Å². The molecule has 96 valence electrons. The van der Waals surface area contributed by atoms with Crippen LogP contribution >= 0.6 is 15.9 Å². The number of nitriles is 1. The molecule has 1 heterocycles. The highest BCUT2D eigenvalue weighted by molar-refractivity contribution is 9.10. The highest BCUT2D eigenvalue weighted by Crippen LogP contribution is 2.21. The number of hydrogen-bond donors (Lipinski definition) is 1. The zero-order valence-corrected chi connectivity index (χ0v) is 12.5. The van der Waals surface area contributed by atoms with Gasteiger partial charge in [0.05, 0.1) is 5.56 Å². The Balaban J connectivity index is 0.000000232. The summed E-state index contributed by atoms with van der Waals surface area (Å²) in [7, 11) is 0. The molecule has 0 saturated carbocycles. The number of hydrogen-bond acceptors (Lipinski definition) is 1. The van der Waals surface area contributed by atoms with Gasteiger partial charge in [0, 0.05) is 21.6 Å². The number of H-pyrrole nitrogens is 1. The predicted molar refractivity (Wildman–Crippen MR) is 80.5 cm³/mol. The third-order valence-corrected chi connectivity index (χ3v) is 3.21. The third-order valence-electron chi connectivity index (χ3n) is 2.72. The molecule has 0 spiro atoms. The average molecular weight is 307 g/mol. The van der Waals surface area contributed by atoms with Crippen LogP contribution in [0.5, 0.6) is 0 Å². The lowest BCUT2D eigenvalue weighted by atomic mass is 10.2. The Morgan fingerprint density at radius 3 is 2.44 bits per heavy atom. The summed E-state index contributed by atoms with van der Waals surface area (Å²) in [6, 6.07) is 7.95. The lowest BCUT2D eigenvalue weighted by Gasteiger charge is -1.90. The molecule has 3 heteroatoms. The SMILES string of the molecule is CCCCCC.N#Cc1c[nH]c2ccc(Br)cc12. The van der Waals surface area contributed by atoms with E-state index >= 15 is 0 Å². The molecule has 2 aromatic rings. The van der Waals surface area contributed by atoms with Crippen molar-refractivity contribution in [1.82, 2.24) is 4.98 Å². The highest BCUT2D eigenvalue weighted by atomic mass is 79.9. The first kappa shape index (κ1) is 14.8. The topological polar surface area (TPSA) is 39.6 Å². The molecule has 0 radical (unpaired) electrons. The van der Waals surface area contributed by atoms with Crippen LogP contribution in [0.25, 0.3) is 10.9 Å². The molecule has 2 rings (SSSR count). The molecular formula is C15H19BrN2. The van der Waals surface area contributed by atoms with Gasteiger partial charge < -0.3 is 4.98 Å². The number of aromatic amines is 1. The molecule has 0 aliphatic rings. The predicted octanol–water partition coefficient (Wildman–Crippen LogP) is 5.39. The molecule has 0 amide bonds. The molecule has 0 aliphatic carbocycles. The van der Waals surface area contributed by atoms with E-state index in [1.807, 2.05) is 18.2 Å². The fourth-order valence-corrected chi connectivity index (χ4v) is 2.05. The van der Waals surface area contributed by atoms with E-state index in [4.69, 9.17) is 5.26 Å². The fraction of sp³-hybridized carbons (Fsp3) is 0.400. The van der Waals surface area contributed by atoms with Crippen LogP contribution in [0, 0.1) is 11.3 Å². The van der Waals surface area contributed by atoms with Gasteiger partial charge in [-0.05, 0) is 18.2 Å². The molecule has 0 bridgehead atoms. The lowest BCUT2D eigenvalue weighted by Crippen LogP contribution is -1.69. The first-order chi connectivity index (χ1) is 8.72. The number of fused-ring (bicyclic) bond motifs is 1.